The third-order valence-corrected chi connectivity index (χ3v) is 4.24. The van der Waals surface area contributed by atoms with Gasteiger partial charge < -0.3 is 0 Å². The van der Waals surface area contributed by atoms with E-state index in [4.69, 9.17) is 0 Å². The predicted molar refractivity (Wildman–Crippen MR) is 71.9 cm³/mol. The summed E-state index contributed by atoms with van der Waals surface area (Å²) in [6.07, 6.45) is 5.47. The lowest BCUT2D eigenvalue weighted by Gasteiger charge is -2.39. The highest BCUT2D eigenvalue weighted by Crippen LogP contribution is 2.41. The monoisotopic (exact) mass is 303 g/mol. The van der Waals surface area contributed by atoms with E-state index in [0.29, 0.717) is 6.42 Å². The van der Waals surface area contributed by atoms with Crippen LogP contribution in [0.15, 0.2) is 0 Å². The Morgan fingerprint density at radius 2 is 2.12 bits per heavy atom. The Morgan fingerprint density at radius 3 is 2.71 bits per heavy atom. The molecular formula is C13H22BrNO2. The van der Waals surface area contributed by atoms with Gasteiger partial charge >= 0.3 is 0 Å². The lowest BCUT2D eigenvalue weighted by molar-refractivity contribution is -0.143. The first-order valence-corrected chi connectivity index (χ1v) is 7.55. The third-order valence-electron chi connectivity index (χ3n) is 3.68. The number of imide groups is 1. The average Bonchev–Trinajstić information content (AvgIpc) is 2.22. The fraction of sp³-hybridized carbons (Fsp3) is 0.846. The molecule has 2 atom stereocenters. The maximum Gasteiger partial charge on any atom is 0.230 e. The van der Waals surface area contributed by atoms with E-state index in [0.717, 1.165) is 37.4 Å². The van der Waals surface area contributed by atoms with Crippen molar-refractivity contribution >= 4 is 27.7 Å². The maximum absolute atomic E-state index is 11.9. The summed E-state index contributed by atoms with van der Waals surface area (Å²) < 4.78 is 0. The van der Waals surface area contributed by atoms with Crippen LogP contribution in [0.1, 0.15) is 52.4 Å². The minimum atomic E-state index is -0.138. The van der Waals surface area contributed by atoms with Crippen LogP contribution >= 0.6 is 15.9 Å². The Bertz CT molecular complexity index is 293. The van der Waals surface area contributed by atoms with Gasteiger partial charge in [0.25, 0.3) is 0 Å². The number of carbonyl (C=O) groups is 2. The lowest BCUT2D eigenvalue weighted by Crippen LogP contribution is -2.50. The van der Waals surface area contributed by atoms with Crippen LogP contribution in [0.25, 0.3) is 0 Å². The van der Waals surface area contributed by atoms with Crippen LogP contribution in [-0.2, 0) is 9.59 Å². The molecule has 0 aromatic rings. The van der Waals surface area contributed by atoms with Crippen LogP contribution in [0.3, 0.4) is 0 Å². The second-order valence-corrected chi connectivity index (χ2v) is 6.02. The molecule has 0 aromatic carbocycles. The van der Waals surface area contributed by atoms with Crippen LogP contribution < -0.4 is 5.32 Å². The Kier molecular flexibility index (Phi) is 5.63. The normalized spacial score (nSPS) is 29.2. The van der Waals surface area contributed by atoms with Gasteiger partial charge in [0, 0.05) is 17.7 Å². The van der Waals surface area contributed by atoms with Gasteiger partial charge in [0.15, 0.2) is 0 Å². The summed E-state index contributed by atoms with van der Waals surface area (Å²) >= 11 is 3.40. The molecule has 4 heteroatoms. The molecule has 1 aliphatic rings. The van der Waals surface area contributed by atoms with Crippen LogP contribution in [-0.4, -0.2) is 17.1 Å². The van der Waals surface area contributed by atoms with Crippen molar-refractivity contribution in [3.63, 3.8) is 0 Å². The van der Waals surface area contributed by atoms with Crippen molar-refractivity contribution in [2.45, 2.75) is 52.4 Å². The summed E-state index contributed by atoms with van der Waals surface area (Å²) in [4.78, 5) is 23.4. The average molecular weight is 304 g/mol. The van der Waals surface area contributed by atoms with Crippen molar-refractivity contribution in [1.29, 1.82) is 0 Å². The SMILES string of the molecule is CCCC1(C)CC(=O)NC(=O)C1CCCCBr. The summed E-state index contributed by atoms with van der Waals surface area (Å²) in [5, 5.41) is 3.46. The van der Waals surface area contributed by atoms with Crippen LogP contribution in [0.2, 0.25) is 0 Å². The van der Waals surface area contributed by atoms with Crippen molar-refractivity contribution in [3.05, 3.63) is 0 Å². The highest BCUT2D eigenvalue weighted by atomic mass is 79.9. The fourth-order valence-electron chi connectivity index (χ4n) is 2.83. The van der Waals surface area contributed by atoms with E-state index in [9.17, 15) is 9.59 Å². The Labute approximate surface area is 112 Å². The van der Waals surface area contributed by atoms with E-state index in [1.807, 2.05) is 0 Å². The number of hydrogen-bond acceptors (Lipinski definition) is 2. The molecule has 0 bridgehead atoms. The summed E-state index contributed by atoms with van der Waals surface area (Å²) in [6, 6.07) is 0. The van der Waals surface area contributed by atoms with E-state index in [-0.39, 0.29) is 23.1 Å². The van der Waals surface area contributed by atoms with E-state index >= 15 is 0 Å². The number of halogens is 1. The number of nitrogens with one attached hydrogen (secondary N) is 1. The van der Waals surface area contributed by atoms with Gasteiger partial charge in [-0.3, -0.25) is 14.9 Å². The molecular weight excluding hydrogens is 282 g/mol. The van der Waals surface area contributed by atoms with Crippen LogP contribution in [0, 0.1) is 11.3 Å². The van der Waals surface area contributed by atoms with Gasteiger partial charge in [-0.2, -0.15) is 0 Å². The molecule has 0 saturated carbocycles. The van der Waals surface area contributed by atoms with Gasteiger partial charge in [-0.15, -0.1) is 0 Å². The van der Waals surface area contributed by atoms with E-state index in [1.165, 1.54) is 0 Å². The number of rotatable bonds is 6. The summed E-state index contributed by atoms with van der Waals surface area (Å²) in [5.41, 5.74) is -0.138. The zero-order valence-corrected chi connectivity index (χ0v) is 12.3. The molecule has 0 spiro atoms. The lowest BCUT2D eigenvalue weighted by atomic mass is 9.67. The topological polar surface area (TPSA) is 46.2 Å². The van der Waals surface area contributed by atoms with Crippen molar-refractivity contribution in [2.75, 3.05) is 5.33 Å². The summed E-state index contributed by atoms with van der Waals surface area (Å²) in [7, 11) is 0. The quantitative estimate of drug-likeness (QED) is 0.466. The molecule has 17 heavy (non-hydrogen) atoms. The molecule has 1 N–H and O–H groups in total. The van der Waals surface area contributed by atoms with Gasteiger partial charge in [-0.05, 0) is 24.7 Å². The van der Waals surface area contributed by atoms with Crippen molar-refractivity contribution in [1.82, 2.24) is 5.32 Å². The number of carbonyl (C=O) groups excluding carboxylic acids is 2. The Balaban J connectivity index is 2.72. The van der Waals surface area contributed by atoms with Crippen molar-refractivity contribution < 1.29 is 9.59 Å². The highest BCUT2D eigenvalue weighted by Gasteiger charge is 2.43. The standard InChI is InChI=1S/C13H22BrNO2/c1-3-7-13(2)9-11(16)15-12(17)10(13)6-4-5-8-14/h10H,3-9H2,1-2H3,(H,15,16,17). The second kappa shape index (κ2) is 6.53. The smallest absolute Gasteiger partial charge is 0.230 e. The first-order chi connectivity index (χ1) is 8.03. The first-order valence-electron chi connectivity index (χ1n) is 6.43. The minimum absolute atomic E-state index is 0.000741. The molecule has 0 aromatic heterocycles. The number of alkyl halides is 1. The van der Waals surface area contributed by atoms with E-state index < -0.39 is 0 Å². The van der Waals surface area contributed by atoms with Crippen LogP contribution in [0.5, 0.6) is 0 Å². The molecule has 2 amide bonds. The van der Waals surface area contributed by atoms with Gasteiger partial charge in [0.2, 0.25) is 11.8 Å². The molecule has 1 heterocycles. The van der Waals surface area contributed by atoms with Gasteiger partial charge in [0.1, 0.15) is 0 Å². The summed E-state index contributed by atoms with van der Waals surface area (Å²) in [5.74, 6) is -0.173. The molecule has 1 rings (SSSR count). The zero-order valence-electron chi connectivity index (χ0n) is 10.7. The fourth-order valence-corrected chi connectivity index (χ4v) is 3.23. The van der Waals surface area contributed by atoms with Gasteiger partial charge in [0.05, 0.1) is 0 Å². The molecule has 0 aliphatic carbocycles. The molecule has 3 nitrogen and oxygen atoms in total. The van der Waals surface area contributed by atoms with E-state index in [2.05, 4.69) is 35.1 Å². The second-order valence-electron chi connectivity index (χ2n) is 5.23. The predicted octanol–water partition coefficient (Wildman–Crippen LogP) is 3.02. The van der Waals surface area contributed by atoms with E-state index in [1.54, 1.807) is 0 Å². The third kappa shape index (κ3) is 3.80. The van der Waals surface area contributed by atoms with Crippen molar-refractivity contribution in [3.8, 4) is 0 Å². The largest absolute Gasteiger partial charge is 0.296 e. The number of amides is 2. The van der Waals surface area contributed by atoms with Gasteiger partial charge in [-0.25, -0.2) is 0 Å². The molecule has 1 aliphatic heterocycles. The summed E-state index contributed by atoms with van der Waals surface area (Å²) in [6.45, 7) is 4.20. The van der Waals surface area contributed by atoms with Crippen LogP contribution in [0.4, 0.5) is 0 Å². The van der Waals surface area contributed by atoms with Crippen molar-refractivity contribution in [2.24, 2.45) is 11.3 Å². The first kappa shape index (κ1) is 14.7. The minimum Gasteiger partial charge on any atom is -0.296 e. The zero-order chi connectivity index (χ0) is 12.9. The Morgan fingerprint density at radius 1 is 1.41 bits per heavy atom. The molecule has 2 unspecified atom stereocenters. The molecule has 1 saturated heterocycles. The molecule has 98 valence electrons. The number of unbranched alkanes of at least 4 members (excludes halogenated alkanes) is 1. The van der Waals surface area contributed by atoms with Gasteiger partial charge in [-0.1, -0.05) is 42.6 Å². The maximum atomic E-state index is 11.9. The number of piperidine rings is 1. The Hall–Kier alpha value is -0.380. The molecule has 1 fully saturated rings. The number of hydrogen-bond donors (Lipinski definition) is 1. The molecule has 0 radical (unpaired) electrons. The highest BCUT2D eigenvalue weighted by molar-refractivity contribution is 9.09.